The molecule has 38 heavy (non-hydrogen) atoms. The van der Waals surface area contributed by atoms with E-state index in [1.165, 1.54) is 42.8 Å². The molecular weight excluding hydrogens is 545 g/mol. The van der Waals surface area contributed by atoms with E-state index in [1.807, 2.05) is 0 Å². The van der Waals surface area contributed by atoms with Crippen molar-refractivity contribution in [1.29, 1.82) is 0 Å². The van der Waals surface area contributed by atoms with Crippen LogP contribution in [0.4, 0.5) is 13.2 Å². The lowest BCUT2D eigenvalue weighted by molar-refractivity contribution is -0.142. The standard InChI is InChI=1S/C23H18ClF3N8O2S/c1-12(36)37-11-23(32-33-28)7-17-18(13-8-30-35(9-13)22(26)27)19(15-3-2-14(25)6-16(15)24)31-20(34(17)10-23)21-29-4-5-38-21/h2-6,8-9,19,22H,7,10-11H2,1H3/t19-,23-/m0/s1. The number of alkyl halides is 2. The lowest BCUT2D eigenvalue weighted by Crippen LogP contribution is -2.39. The fraction of sp³-hybridized carbons (Fsp3) is 0.304. The highest BCUT2D eigenvalue weighted by atomic mass is 35.5. The molecule has 2 aliphatic heterocycles. The van der Waals surface area contributed by atoms with Crippen molar-refractivity contribution in [2.75, 3.05) is 13.2 Å². The molecule has 0 unspecified atom stereocenters. The molecule has 0 saturated carbocycles. The van der Waals surface area contributed by atoms with Crippen LogP contribution in [0.2, 0.25) is 5.02 Å². The van der Waals surface area contributed by atoms with Crippen LogP contribution in [0.15, 0.2) is 58.0 Å². The monoisotopic (exact) mass is 562 g/mol. The summed E-state index contributed by atoms with van der Waals surface area (Å²) in [7, 11) is 0. The number of halogens is 4. The van der Waals surface area contributed by atoms with Crippen LogP contribution >= 0.6 is 22.9 Å². The number of aromatic nitrogens is 3. The van der Waals surface area contributed by atoms with Crippen LogP contribution in [0.3, 0.4) is 0 Å². The molecule has 0 aliphatic carbocycles. The second-order valence-electron chi connectivity index (χ2n) is 8.66. The summed E-state index contributed by atoms with van der Waals surface area (Å²) in [5.74, 6) is -0.688. The summed E-state index contributed by atoms with van der Waals surface area (Å²) in [6, 6.07) is 3.00. The van der Waals surface area contributed by atoms with Gasteiger partial charge in [0, 0.05) is 64.4 Å². The molecule has 4 heterocycles. The molecule has 3 aromatic rings. The van der Waals surface area contributed by atoms with Gasteiger partial charge in [-0.2, -0.15) is 13.9 Å². The SMILES string of the molecule is CC(=O)OC[C@]1(N=[N+]=[N-])CC2=C(c3cnn(C(F)F)c3)[C@H](c3ccc(F)cc3Cl)N=C(c3nccs3)N2C1. The third-order valence-corrected chi connectivity index (χ3v) is 7.26. The molecule has 0 amide bonds. The first-order valence-electron chi connectivity index (χ1n) is 11.2. The van der Waals surface area contributed by atoms with Gasteiger partial charge in [-0.3, -0.25) is 9.79 Å². The molecule has 1 aromatic carbocycles. The van der Waals surface area contributed by atoms with Gasteiger partial charge in [0.15, 0.2) is 10.8 Å². The van der Waals surface area contributed by atoms with Crippen LogP contribution < -0.4 is 0 Å². The molecule has 1 saturated heterocycles. The summed E-state index contributed by atoms with van der Waals surface area (Å²) in [6.07, 6.45) is 4.14. The van der Waals surface area contributed by atoms with E-state index in [0.717, 1.165) is 6.07 Å². The summed E-state index contributed by atoms with van der Waals surface area (Å²) in [5.41, 5.74) is 9.93. The number of hydrogen-bond donors (Lipinski definition) is 0. The second-order valence-corrected chi connectivity index (χ2v) is 9.96. The maximum absolute atomic E-state index is 13.9. The first-order chi connectivity index (χ1) is 18.2. The van der Waals surface area contributed by atoms with Crippen molar-refractivity contribution in [1.82, 2.24) is 19.7 Å². The fourth-order valence-corrected chi connectivity index (χ4v) is 5.51. The lowest BCUT2D eigenvalue weighted by atomic mass is 9.89. The van der Waals surface area contributed by atoms with E-state index in [0.29, 0.717) is 37.9 Å². The maximum atomic E-state index is 13.9. The molecule has 0 N–H and O–H groups in total. The van der Waals surface area contributed by atoms with Crippen LogP contribution in [0, 0.1) is 5.82 Å². The Morgan fingerprint density at radius 3 is 2.89 bits per heavy atom. The number of hydrogen-bond acceptors (Lipinski definition) is 8. The van der Waals surface area contributed by atoms with Crippen molar-refractivity contribution in [2.24, 2.45) is 10.1 Å². The Balaban J connectivity index is 1.76. The topological polar surface area (TPSA) is 121 Å². The number of carbonyl (C=O) groups excluding carboxylic acids is 1. The minimum atomic E-state index is -2.88. The van der Waals surface area contributed by atoms with Gasteiger partial charge in [-0.1, -0.05) is 22.8 Å². The predicted molar refractivity (Wildman–Crippen MR) is 133 cm³/mol. The van der Waals surface area contributed by atoms with Crippen molar-refractivity contribution in [3.63, 3.8) is 0 Å². The highest BCUT2D eigenvalue weighted by molar-refractivity contribution is 7.11. The molecule has 1 fully saturated rings. The van der Waals surface area contributed by atoms with E-state index in [9.17, 15) is 23.5 Å². The van der Waals surface area contributed by atoms with E-state index < -0.39 is 29.9 Å². The van der Waals surface area contributed by atoms with Crippen LogP contribution in [-0.2, 0) is 9.53 Å². The number of nitrogens with zero attached hydrogens (tertiary/aromatic N) is 8. The van der Waals surface area contributed by atoms with Crippen LogP contribution in [0.1, 0.15) is 42.1 Å². The highest BCUT2D eigenvalue weighted by Crippen LogP contribution is 2.49. The number of aliphatic imine (C=N–C) groups is 1. The normalized spacial score (nSPS) is 20.8. The van der Waals surface area contributed by atoms with E-state index in [1.54, 1.807) is 16.5 Å². The zero-order valence-corrected chi connectivity index (χ0v) is 21.2. The summed E-state index contributed by atoms with van der Waals surface area (Å²) in [4.78, 5) is 25.7. The van der Waals surface area contributed by atoms with Crippen LogP contribution in [-0.4, -0.2) is 50.2 Å². The zero-order chi connectivity index (χ0) is 27.0. The van der Waals surface area contributed by atoms with Crippen molar-refractivity contribution in [2.45, 2.75) is 31.5 Å². The van der Waals surface area contributed by atoms with E-state index in [-0.39, 0.29) is 24.6 Å². The third kappa shape index (κ3) is 4.73. The maximum Gasteiger partial charge on any atom is 0.333 e. The molecule has 2 aliphatic rings. The van der Waals surface area contributed by atoms with Crippen molar-refractivity contribution >= 4 is 40.3 Å². The number of rotatable bonds is 7. The second kappa shape index (κ2) is 10.1. The molecular formula is C23H18ClF3N8O2S. The number of amidine groups is 1. The van der Waals surface area contributed by atoms with Gasteiger partial charge in [0.25, 0.3) is 0 Å². The highest BCUT2D eigenvalue weighted by Gasteiger charge is 2.48. The quantitative estimate of drug-likeness (QED) is 0.157. The fourth-order valence-electron chi connectivity index (χ4n) is 4.59. The number of benzene rings is 1. The Bertz CT molecular complexity index is 1500. The first-order valence-corrected chi connectivity index (χ1v) is 12.4. The Labute approximate surface area is 222 Å². The van der Waals surface area contributed by atoms with Crippen LogP contribution in [0.5, 0.6) is 0 Å². The van der Waals surface area contributed by atoms with Crippen molar-refractivity contribution < 1.29 is 22.7 Å². The summed E-state index contributed by atoms with van der Waals surface area (Å²) < 4.78 is 46.6. The van der Waals surface area contributed by atoms with Crippen LogP contribution in [0.25, 0.3) is 16.0 Å². The van der Waals surface area contributed by atoms with Gasteiger partial charge in [-0.25, -0.2) is 14.1 Å². The molecule has 0 spiro atoms. The Hall–Kier alpha value is -3.87. The van der Waals surface area contributed by atoms with E-state index in [4.69, 9.17) is 21.3 Å². The number of azide groups is 1. The molecule has 15 heteroatoms. The summed E-state index contributed by atoms with van der Waals surface area (Å²) >= 11 is 7.77. The van der Waals surface area contributed by atoms with Gasteiger partial charge < -0.3 is 9.64 Å². The molecule has 0 bridgehead atoms. The average Bonchev–Trinajstić information content (AvgIpc) is 3.62. The Morgan fingerprint density at radius 2 is 2.26 bits per heavy atom. The third-order valence-electron chi connectivity index (χ3n) is 6.16. The minimum absolute atomic E-state index is 0.0778. The Kier molecular flexibility index (Phi) is 6.86. The smallest absolute Gasteiger partial charge is 0.333 e. The van der Waals surface area contributed by atoms with E-state index in [2.05, 4.69) is 20.1 Å². The van der Waals surface area contributed by atoms with Gasteiger partial charge in [0.2, 0.25) is 0 Å². The molecule has 2 atom stereocenters. The molecule has 196 valence electrons. The summed E-state index contributed by atoms with van der Waals surface area (Å²) in [6.45, 7) is -1.78. The number of carbonyl (C=O) groups is 1. The summed E-state index contributed by atoms with van der Waals surface area (Å²) in [5, 5.41) is 10.2. The number of esters is 1. The van der Waals surface area contributed by atoms with E-state index >= 15 is 0 Å². The largest absolute Gasteiger partial charge is 0.465 e. The van der Waals surface area contributed by atoms with Gasteiger partial charge in [0.05, 0.1) is 6.20 Å². The van der Waals surface area contributed by atoms with Gasteiger partial charge in [0.1, 0.15) is 24.0 Å². The van der Waals surface area contributed by atoms with Gasteiger partial charge >= 0.3 is 12.5 Å². The Morgan fingerprint density at radius 1 is 1.45 bits per heavy atom. The molecule has 5 rings (SSSR count). The zero-order valence-electron chi connectivity index (χ0n) is 19.6. The molecule has 0 radical (unpaired) electrons. The predicted octanol–water partition coefficient (Wildman–Crippen LogP) is 5.76. The number of thiazole rings is 1. The lowest BCUT2D eigenvalue weighted by Gasteiger charge is -2.32. The minimum Gasteiger partial charge on any atom is -0.465 e. The first kappa shape index (κ1) is 25.8. The van der Waals surface area contributed by atoms with Crippen molar-refractivity contribution in [3.8, 4) is 0 Å². The van der Waals surface area contributed by atoms with Crippen molar-refractivity contribution in [3.05, 3.63) is 85.3 Å². The molecule has 10 nitrogen and oxygen atoms in total. The number of fused-ring (bicyclic) bond motifs is 1. The van der Waals surface area contributed by atoms with Gasteiger partial charge in [-0.15, -0.1) is 11.3 Å². The number of ether oxygens (including phenoxy) is 1. The molecule has 2 aromatic heterocycles. The average molecular weight is 563 g/mol. The van der Waals surface area contributed by atoms with Gasteiger partial charge in [-0.05, 0) is 23.2 Å².